The molecule has 6 nitrogen and oxygen atoms in total. The molecule has 2 fully saturated rings. The second-order valence-electron chi connectivity index (χ2n) is 7.13. The van der Waals surface area contributed by atoms with E-state index in [2.05, 4.69) is 41.1 Å². The van der Waals surface area contributed by atoms with Crippen molar-refractivity contribution in [3.63, 3.8) is 0 Å². The highest BCUT2D eigenvalue weighted by molar-refractivity contribution is 5.54. The number of nitrogens with one attached hydrogen (secondary N) is 1. The van der Waals surface area contributed by atoms with Gasteiger partial charge in [-0.25, -0.2) is 9.50 Å². The molecule has 2 atom stereocenters. The van der Waals surface area contributed by atoms with Crippen LogP contribution in [0, 0.1) is 12.8 Å². The Morgan fingerprint density at radius 1 is 1.38 bits per heavy atom. The zero-order valence-electron chi connectivity index (χ0n) is 14.4. The number of rotatable bonds is 4. The molecule has 2 aromatic rings. The lowest BCUT2D eigenvalue weighted by Gasteiger charge is -2.21. The van der Waals surface area contributed by atoms with Gasteiger partial charge in [0.05, 0.1) is 11.7 Å². The van der Waals surface area contributed by atoms with Gasteiger partial charge in [0.2, 0.25) is 0 Å². The average molecular weight is 326 g/mol. The van der Waals surface area contributed by atoms with Crippen molar-refractivity contribution in [1.29, 1.82) is 0 Å². The molecule has 0 bridgehead atoms. The van der Waals surface area contributed by atoms with Gasteiger partial charge in [-0.1, -0.05) is 6.42 Å². The van der Waals surface area contributed by atoms with E-state index in [9.17, 15) is 0 Å². The summed E-state index contributed by atoms with van der Waals surface area (Å²) in [6.07, 6.45) is 6.99. The van der Waals surface area contributed by atoms with E-state index in [-0.39, 0.29) is 0 Å². The van der Waals surface area contributed by atoms with Crippen molar-refractivity contribution in [2.75, 3.05) is 31.1 Å². The second-order valence-corrected chi connectivity index (χ2v) is 7.13. The Morgan fingerprint density at radius 3 is 3.08 bits per heavy atom. The first kappa shape index (κ1) is 15.6. The molecule has 2 aromatic heterocycles. The van der Waals surface area contributed by atoms with Crippen LogP contribution in [0.2, 0.25) is 0 Å². The average Bonchev–Trinajstić information content (AvgIpc) is 3.22. The maximum atomic E-state index is 4.92. The summed E-state index contributed by atoms with van der Waals surface area (Å²) in [7, 11) is 0. The van der Waals surface area contributed by atoms with Gasteiger partial charge in [0.1, 0.15) is 5.82 Å². The number of fused-ring (bicyclic) bond motifs is 1. The summed E-state index contributed by atoms with van der Waals surface area (Å²) >= 11 is 0. The fourth-order valence-corrected chi connectivity index (χ4v) is 3.97. The van der Waals surface area contributed by atoms with Crippen LogP contribution in [0.1, 0.15) is 43.0 Å². The van der Waals surface area contributed by atoms with Crippen molar-refractivity contribution in [3.8, 4) is 0 Å². The van der Waals surface area contributed by atoms with E-state index in [0.717, 1.165) is 49.8 Å². The first-order valence-corrected chi connectivity index (χ1v) is 9.02. The van der Waals surface area contributed by atoms with Gasteiger partial charge in [0, 0.05) is 37.5 Å². The molecule has 4 heterocycles. The Morgan fingerprint density at radius 2 is 2.29 bits per heavy atom. The van der Waals surface area contributed by atoms with Crippen molar-refractivity contribution < 1.29 is 0 Å². The summed E-state index contributed by atoms with van der Waals surface area (Å²) in [4.78, 5) is 11.4. The van der Waals surface area contributed by atoms with Crippen molar-refractivity contribution in [2.45, 2.75) is 38.6 Å². The molecule has 0 spiro atoms. The molecule has 0 unspecified atom stereocenters. The molecule has 6 heteroatoms. The molecule has 4 rings (SSSR count). The van der Waals surface area contributed by atoms with E-state index < -0.39 is 0 Å². The molecule has 0 amide bonds. The van der Waals surface area contributed by atoms with Gasteiger partial charge in [0.25, 0.3) is 0 Å². The van der Waals surface area contributed by atoms with Gasteiger partial charge in [-0.3, -0.25) is 0 Å². The molecular formula is C18H26N6. The maximum absolute atomic E-state index is 4.92. The van der Waals surface area contributed by atoms with Crippen LogP contribution in [0.3, 0.4) is 0 Å². The lowest BCUT2D eigenvalue weighted by atomic mass is 10.0. The highest BCUT2D eigenvalue weighted by Gasteiger charge is 2.25. The molecule has 0 aliphatic carbocycles. The Bertz CT molecular complexity index is 730. The van der Waals surface area contributed by atoms with Gasteiger partial charge in [-0.05, 0) is 45.4 Å². The van der Waals surface area contributed by atoms with Crippen molar-refractivity contribution in [2.24, 2.45) is 10.9 Å². The fraction of sp³-hybridized carbons (Fsp3) is 0.611. The zero-order valence-corrected chi connectivity index (χ0v) is 14.4. The van der Waals surface area contributed by atoms with Gasteiger partial charge in [-0.15, -0.1) is 0 Å². The molecule has 24 heavy (non-hydrogen) atoms. The number of aromatic nitrogens is 3. The molecule has 1 N–H and O–H groups in total. The Labute approximate surface area is 143 Å². The number of aryl methyl sites for hydroxylation is 1. The van der Waals surface area contributed by atoms with Gasteiger partial charge >= 0.3 is 0 Å². The van der Waals surface area contributed by atoms with E-state index in [1.54, 1.807) is 0 Å². The van der Waals surface area contributed by atoms with Crippen LogP contribution >= 0.6 is 0 Å². The van der Waals surface area contributed by atoms with E-state index >= 15 is 0 Å². The van der Waals surface area contributed by atoms with Crippen molar-refractivity contribution in [3.05, 3.63) is 23.5 Å². The third kappa shape index (κ3) is 2.90. The summed E-state index contributed by atoms with van der Waals surface area (Å²) in [5.41, 5.74) is 3.25. The van der Waals surface area contributed by atoms with Crippen LogP contribution < -0.4 is 10.2 Å². The minimum atomic E-state index is 0.374. The molecule has 2 saturated heterocycles. The first-order chi connectivity index (χ1) is 11.7. The molecule has 0 radical (unpaired) electrons. The molecule has 0 aromatic carbocycles. The van der Waals surface area contributed by atoms with Gasteiger partial charge in [0.15, 0.2) is 5.65 Å². The summed E-state index contributed by atoms with van der Waals surface area (Å²) < 4.78 is 1.93. The highest BCUT2D eigenvalue weighted by Crippen LogP contribution is 2.27. The Balaban J connectivity index is 1.60. The summed E-state index contributed by atoms with van der Waals surface area (Å²) in [5.74, 6) is 1.70. The minimum Gasteiger partial charge on any atom is -0.356 e. The minimum absolute atomic E-state index is 0.374. The van der Waals surface area contributed by atoms with Crippen molar-refractivity contribution >= 4 is 18.2 Å². The van der Waals surface area contributed by atoms with E-state index in [0.29, 0.717) is 12.0 Å². The normalized spacial score (nSPS) is 24.6. The van der Waals surface area contributed by atoms with E-state index in [1.165, 1.54) is 24.8 Å². The fourth-order valence-electron chi connectivity index (χ4n) is 3.97. The Hall–Kier alpha value is -1.95. The number of nitrogens with zero attached hydrogens (tertiary/aromatic N) is 5. The standard InChI is InChI=1S/C18H26N6/c1-13-11-24-17(9-16(22-24)15-5-3-4-7-20-15)21-18(13)23-8-6-14(12-23)10-19-2/h9,11,14-15,20H,2-8,10,12H2,1H3/t14-,15+/m1/s1. The molecule has 2 aliphatic rings. The third-order valence-corrected chi connectivity index (χ3v) is 5.26. The second kappa shape index (κ2) is 6.51. The quantitative estimate of drug-likeness (QED) is 0.877. The predicted octanol–water partition coefficient (Wildman–Crippen LogP) is 2.38. The van der Waals surface area contributed by atoms with Crippen LogP contribution in [-0.4, -0.2) is 47.5 Å². The van der Waals surface area contributed by atoms with Crippen LogP contribution in [0.25, 0.3) is 5.65 Å². The summed E-state index contributed by atoms with van der Waals surface area (Å²) in [6.45, 7) is 9.76. The van der Waals surface area contributed by atoms with Crippen LogP contribution in [0.4, 0.5) is 5.82 Å². The highest BCUT2D eigenvalue weighted by atomic mass is 15.3. The topological polar surface area (TPSA) is 57.8 Å². The monoisotopic (exact) mass is 326 g/mol. The van der Waals surface area contributed by atoms with Crippen LogP contribution in [0.15, 0.2) is 17.3 Å². The number of hydrogen-bond acceptors (Lipinski definition) is 5. The molecule has 128 valence electrons. The number of hydrogen-bond donors (Lipinski definition) is 1. The van der Waals surface area contributed by atoms with Gasteiger partial charge < -0.3 is 15.2 Å². The lowest BCUT2D eigenvalue weighted by Crippen LogP contribution is -2.27. The maximum Gasteiger partial charge on any atom is 0.157 e. The number of anilines is 1. The SMILES string of the molecule is C=NC[C@H]1CCN(c2nc3cc([C@@H]4CCCCN4)nn3cc2C)C1. The van der Waals surface area contributed by atoms with Crippen LogP contribution in [-0.2, 0) is 0 Å². The van der Waals surface area contributed by atoms with Gasteiger partial charge in [-0.2, -0.15) is 5.10 Å². The third-order valence-electron chi connectivity index (χ3n) is 5.26. The summed E-state index contributed by atoms with van der Waals surface area (Å²) in [5, 5.41) is 8.33. The largest absolute Gasteiger partial charge is 0.356 e. The molecule has 0 saturated carbocycles. The predicted molar refractivity (Wildman–Crippen MR) is 97.1 cm³/mol. The van der Waals surface area contributed by atoms with Crippen LogP contribution in [0.5, 0.6) is 0 Å². The smallest absolute Gasteiger partial charge is 0.157 e. The first-order valence-electron chi connectivity index (χ1n) is 9.02. The molecular weight excluding hydrogens is 300 g/mol. The van der Waals surface area contributed by atoms with Crippen molar-refractivity contribution in [1.82, 2.24) is 19.9 Å². The van der Waals surface area contributed by atoms with E-state index in [1.807, 2.05) is 4.52 Å². The molecule has 2 aliphatic heterocycles. The Kier molecular flexibility index (Phi) is 4.22. The number of aliphatic imine (C=N–C) groups is 1. The van der Waals surface area contributed by atoms with E-state index in [4.69, 9.17) is 10.1 Å². The zero-order chi connectivity index (χ0) is 16.5. The number of piperidine rings is 1. The lowest BCUT2D eigenvalue weighted by molar-refractivity contribution is 0.404. The summed E-state index contributed by atoms with van der Waals surface area (Å²) in [6, 6.07) is 2.52.